The topological polar surface area (TPSA) is 94.9 Å². The summed E-state index contributed by atoms with van der Waals surface area (Å²) in [6, 6.07) is 3.89. The van der Waals surface area contributed by atoms with Crippen LogP contribution in [0.25, 0.3) is 0 Å². The Bertz CT molecular complexity index is 671. The predicted molar refractivity (Wildman–Crippen MR) is 79.7 cm³/mol. The van der Waals surface area contributed by atoms with Crippen LogP contribution < -0.4 is 0 Å². The number of piperidine rings is 1. The lowest BCUT2D eigenvalue weighted by atomic mass is 9.97. The van der Waals surface area contributed by atoms with E-state index in [0.29, 0.717) is 23.9 Å². The first-order chi connectivity index (χ1) is 9.63. The van der Waals surface area contributed by atoms with E-state index < -0.39 is 21.6 Å². The van der Waals surface area contributed by atoms with Crippen LogP contribution in [0.1, 0.15) is 30.1 Å². The van der Waals surface area contributed by atoms with Gasteiger partial charge < -0.3 is 10.2 Å². The minimum absolute atomic E-state index is 0.00774. The lowest BCUT2D eigenvalue weighted by Crippen LogP contribution is -2.48. The van der Waals surface area contributed by atoms with Gasteiger partial charge in [-0.25, -0.2) is 13.2 Å². The predicted octanol–water partition coefficient (Wildman–Crippen LogP) is 1.68. The van der Waals surface area contributed by atoms with Crippen molar-refractivity contribution in [3.8, 4) is 0 Å². The maximum Gasteiger partial charge on any atom is 0.336 e. The number of halogens is 1. The summed E-state index contributed by atoms with van der Waals surface area (Å²) in [5.74, 6) is -1.20. The van der Waals surface area contributed by atoms with Crippen LogP contribution >= 0.6 is 15.9 Å². The molecule has 1 atom stereocenters. The Kier molecular flexibility index (Phi) is 4.44. The zero-order valence-electron chi connectivity index (χ0n) is 11.4. The van der Waals surface area contributed by atoms with Crippen molar-refractivity contribution in [1.29, 1.82) is 0 Å². The maximum absolute atomic E-state index is 12.6. The van der Waals surface area contributed by atoms with Crippen LogP contribution in [0, 0.1) is 0 Å². The van der Waals surface area contributed by atoms with Crippen LogP contribution in [0.3, 0.4) is 0 Å². The molecule has 2 N–H and O–H groups in total. The fraction of sp³-hybridized carbons (Fsp3) is 0.462. The molecule has 1 aromatic rings. The van der Waals surface area contributed by atoms with E-state index in [0.717, 1.165) is 6.07 Å². The van der Waals surface area contributed by atoms with Gasteiger partial charge in [0.25, 0.3) is 0 Å². The van der Waals surface area contributed by atoms with E-state index in [4.69, 9.17) is 5.11 Å². The monoisotopic (exact) mass is 377 g/mol. The molecule has 2 rings (SSSR count). The van der Waals surface area contributed by atoms with Crippen LogP contribution in [0.4, 0.5) is 0 Å². The standard InChI is InChI=1S/C13H16BrNO5S/c1-13(18)5-2-6-15(8-13)21(19,20)9-3-4-11(14)10(7-9)12(16)17/h3-4,7,18H,2,5-6,8H2,1H3,(H,16,17). The molecule has 1 saturated heterocycles. The second-order valence-electron chi connectivity index (χ2n) is 5.39. The third-order valence-electron chi connectivity index (χ3n) is 3.45. The number of hydrogen-bond donors (Lipinski definition) is 2. The summed E-state index contributed by atoms with van der Waals surface area (Å²) < 4.78 is 26.7. The summed E-state index contributed by atoms with van der Waals surface area (Å²) in [5, 5.41) is 19.1. The van der Waals surface area contributed by atoms with Gasteiger partial charge in [0, 0.05) is 17.6 Å². The SMILES string of the molecule is CC1(O)CCCN(S(=O)(=O)c2ccc(Br)c(C(=O)O)c2)C1. The van der Waals surface area contributed by atoms with Gasteiger partial charge in [0.15, 0.2) is 0 Å². The highest BCUT2D eigenvalue weighted by atomic mass is 79.9. The van der Waals surface area contributed by atoms with Crippen molar-refractivity contribution in [2.45, 2.75) is 30.3 Å². The Morgan fingerprint density at radius 2 is 2.10 bits per heavy atom. The van der Waals surface area contributed by atoms with Gasteiger partial charge in [-0.15, -0.1) is 0 Å². The van der Waals surface area contributed by atoms with E-state index >= 15 is 0 Å². The van der Waals surface area contributed by atoms with Gasteiger partial charge in [0.2, 0.25) is 10.0 Å². The lowest BCUT2D eigenvalue weighted by molar-refractivity contribution is 0.00939. The third kappa shape index (κ3) is 3.45. The van der Waals surface area contributed by atoms with Crippen molar-refractivity contribution in [3.63, 3.8) is 0 Å². The van der Waals surface area contributed by atoms with Crippen molar-refractivity contribution in [2.75, 3.05) is 13.1 Å². The number of rotatable bonds is 3. The Balaban J connectivity index is 2.40. The number of aromatic carboxylic acids is 1. The summed E-state index contributed by atoms with van der Waals surface area (Å²) in [6.07, 6.45) is 1.11. The molecule has 0 spiro atoms. The molecule has 1 aliphatic rings. The van der Waals surface area contributed by atoms with E-state index in [2.05, 4.69) is 15.9 Å². The Morgan fingerprint density at radius 3 is 2.67 bits per heavy atom. The van der Waals surface area contributed by atoms with Crippen LogP contribution in [-0.4, -0.2) is 47.6 Å². The molecule has 0 saturated carbocycles. The molecule has 0 bridgehead atoms. The van der Waals surface area contributed by atoms with Gasteiger partial charge in [0.1, 0.15) is 0 Å². The summed E-state index contributed by atoms with van der Waals surface area (Å²) in [5.41, 5.74) is -1.17. The number of benzene rings is 1. The molecule has 0 radical (unpaired) electrons. The molecule has 0 aliphatic carbocycles. The number of β-amino-alcohol motifs (C(OH)–C–C–N with tert-alkyl or cyclic N) is 1. The highest BCUT2D eigenvalue weighted by Gasteiger charge is 2.35. The van der Waals surface area contributed by atoms with Gasteiger partial charge in [0.05, 0.1) is 16.1 Å². The van der Waals surface area contributed by atoms with E-state index in [-0.39, 0.29) is 17.0 Å². The fourth-order valence-corrected chi connectivity index (χ4v) is 4.40. The molecule has 1 fully saturated rings. The first-order valence-corrected chi connectivity index (χ1v) is 8.62. The van der Waals surface area contributed by atoms with Gasteiger partial charge in [-0.05, 0) is 53.9 Å². The van der Waals surface area contributed by atoms with Gasteiger partial charge in [-0.2, -0.15) is 4.31 Å². The number of carbonyl (C=O) groups is 1. The zero-order valence-corrected chi connectivity index (χ0v) is 13.8. The summed E-state index contributed by atoms with van der Waals surface area (Å²) in [7, 11) is -3.82. The summed E-state index contributed by atoms with van der Waals surface area (Å²) in [4.78, 5) is 11.0. The van der Waals surface area contributed by atoms with E-state index in [1.807, 2.05) is 0 Å². The maximum atomic E-state index is 12.6. The second-order valence-corrected chi connectivity index (χ2v) is 8.18. The van der Waals surface area contributed by atoms with Gasteiger partial charge in [-0.1, -0.05) is 0 Å². The lowest BCUT2D eigenvalue weighted by Gasteiger charge is -2.35. The minimum atomic E-state index is -3.82. The molecular formula is C13H16BrNO5S. The number of aliphatic hydroxyl groups is 1. The van der Waals surface area contributed by atoms with Crippen LogP contribution in [0.5, 0.6) is 0 Å². The number of hydrogen-bond acceptors (Lipinski definition) is 4. The van der Waals surface area contributed by atoms with Crippen LogP contribution in [-0.2, 0) is 10.0 Å². The van der Waals surface area contributed by atoms with E-state index in [1.165, 1.54) is 16.4 Å². The smallest absolute Gasteiger partial charge is 0.336 e. The molecule has 1 unspecified atom stereocenters. The average Bonchev–Trinajstić information content (AvgIpc) is 2.37. The van der Waals surface area contributed by atoms with E-state index in [1.54, 1.807) is 6.92 Å². The van der Waals surface area contributed by atoms with Crippen molar-refractivity contribution in [2.24, 2.45) is 0 Å². The summed E-state index contributed by atoms with van der Waals surface area (Å²) in [6.45, 7) is 1.92. The second kappa shape index (κ2) is 5.68. The molecule has 1 heterocycles. The first-order valence-electron chi connectivity index (χ1n) is 6.39. The average molecular weight is 378 g/mol. The first kappa shape index (κ1) is 16.4. The number of sulfonamides is 1. The molecular weight excluding hydrogens is 362 g/mol. The van der Waals surface area contributed by atoms with E-state index in [9.17, 15) is 18.3 Å². The fourth-order valence-electron chi connectivity index (χ4n) is 2.36. The van der Waals surface area contributed by atoms with Crippen LogP contribution in [0.2, 0.25) is 0 Å². The van der Waals surface area contributed by atoms with Crippen molar-refractivity contribution < 1.29 is 23.4 Å². The Morgan fingerprint density at radius 1 is 1.43 bits per heavy atom. The molecule has 1 aliphatic heterocycles. The molecule has 1 aromatic carbocycles. The molecule has 8 heteroatoms. The largest absolute Gasteiger partial charge is 0.478 e. The van der Waals surface area contributed by atoms with Crippen molar-refractivity contribution in [1.82, 2.24) is 4.31 Å². The Hall–Kier alpha value is -0.960. The minimum Gasteiger partial charge on any atom is -0.478 e. The molecule has 6 nitrogen and oxygen atoms in total. The number of nitrogens with zero attached hydrogens (tertiary/aromatic N) is 1. The van der Waals surface area contributed by atoms with Crippen molar-refractivity contribution in [3.05, 3.63) is 28.2 Å². The normalized spacial score (nSPS) is 24.0. The zero-order chi connectivity index (χ0) is 15.8. The molecule has 21 heavy (non-hydrogen) atoms. The molecule has 0 aromatic heterocycles. The highest BCUT2D eigenvalue weighted by molar-refractivity contribution is 9.10. The number of carboxylic acid groups (broad SMARTS) is 1. The highest BCUT2D eigenvalue weighted by Crippen LogP contribution is 2.28. The summed E-state index contributed by atoms with van der Waals surface area (Å²) >= 11 is 3.08. The van der Waals surface area contributed by atoms with Gasteiger partial charge in [-0.3, -0.25) is 0 Å². The van der Waals surface area contributed by atoms with Crippen LogP contribution in [0.15, 0.2) is 27.6 Å². The molecule has 0 amide bonds. The quantitative estimate of drug-likeness (QED) is 0.835. The Labute approximate surface area is 131 Å². The van der Waals surface area contributed by atoms with Gasteiger partial charge >= 0.3 is 5.97 Å². The molecule has 116 valence electrons. The van der Waals surface area contributed by atoms with Crippen molar-refractivity contribution >= 4 is 31.9 Å². The third-order valence-corrected chi connectivity index (χ3v) is 5.98. The number of carboxylic acids is 1.